The fourth-order valence-corrected chi connectivity index (χ4v) is 5.02. The molecule has 0 spiro atoms. The van der Waals surface area contributed by atoms with Crippen LogP contribution in [0.25, 0.3) is 39.1 Å². The van der Waals surface area contributed by atoms with Crippen LogP contribution < -0.4 is 4.68 Å². The van der Waals surface area contributed by atoms with Gasteiger partial charge < -0.3 is 0 Å². The van der Waals surface area contributed by atoms with Crippen molar-refractivity contribution in [2.75, 3.05) is 0 Å². The summed E-state index contributed by atoms with van der Waals surface area (Å²) in [4.78, 5) is 4.76. The number of rotatable bonds is 4. The second kappa shape index (κ2) is 8.75. The van der Waals surface area contributed by atoms with E-state index in [2.05, 4.69) is 135 Å². The molecule has 0 N–H and O–H groups in total. The summed E-state index contributed by atoms with van der Waals surface area (Å²) in [6, 6.07) is 30.1. The summed E-state index contributed by atoms with van der Waals surface area (Å²) in [6.07, 6.45) is 2.27. The minimum atomic E-state index is 1.04. The summed E-state index contributed by atoms with van der Waals surface area (Å²) < 4.78 is 4.48. The smallest absolute Gasteiger partial charge is 0.251 e. The van der Waals surface area contributed by atoms with Gasteiger partial charge in [-0.15, -0.1) is 0 Å². The Bertz CT molecular complexity index is 1400. The van der Waals surface area contributed by atoms with Crippen LogP contribution in [0.2, 0.25) is 0 Å². The molecule has 34 heavy (non-hydrogen) atoms. The quantitative estimate of drug-likeness (QED) is 0.275. The van der Waals surface area contributed by atoms with E-state index in [1.165, 1.54) is 44.6 Å². The van der Waals surface area contributed by atoms with Crippen LogP contribution in [0.1, 0.15) is 22.6 Å². The number of hydrogen-bond acceptors (Lipinski definition) is 1. The fraction of sp³-hybridized carbons (Fsp3) is 0.161. The minimum absolute atomic E-state index is 1.04. The van der Waals surface area contributed by atoms with Crippen molar-refractivity contribution >= 4 is 0 Å². The Morgan fingerprint density at radius 1 is 0.676 bits per heavy atom. The van der Waals surface area contributed by atoms with Crippen LogP contribution in [0.4, 0.5) is 0 Å². The van der Waals surface area contributed by atoms with Gasteiger partial charge in [-0.2, -0.15) is 4.68 Å². The highest BCUT2D eigenvalue weighted by atomic mass is 15.4. The molecule has 0 fully saturated rings. The molecule has 3 nitrogen and oxygen atoms in total. The minimum Gasteiger partial charge on any atom is -0.251 e. The third kappa shape index (κ3) is 3.73. The molecule has 0 aliphatic heterocycles. The molecule has 0 unspecified atom stereocenters. The van der Waals surface area contributed by atoms with Gasteiger partial charge in [-0.1, -0.05) is 83.5 Å². The Hall–Kier alpha value is -3.98. The lowest BCUT2D eigenvalue weighted by molar-refractivity contribution is -0.683. The monoisotopic (exact) mass is 444 g/mol. The average Bonchev–Trinajstić information content (AvgIpc) is 3.13. The van der Waals surface area contributed by atoms with Crippen molar-refractivity contribution in [1.82, 2.24) is 9.67 Å². The zero-order valence-corrected chi connectivity index (χ0v) is 20.5. The van der Waals surface area contributed by atoms with Crippen molar-refractivity contribution in [2.45, 2.75) is 27.7 Å². The Morgan fingerprint density at radius 3 is 1.76 bits per heavy atom. The largest absolute Gasteiger partial charge is 0.259 e. The number of pyridine rings is 1. The number of nitrogens with zero attached hydrogens (tertiary/aromatic N) is 3. The summed E-state index contributed by atoms with van der Waals surface area (Å²) in [7, 11) is 2.13. The van der Waals surface area contributed by atoms with Gasteiger partial charge in [-0.25, -0.2) is 0 Å². The summed E-state index contributed by atoms with van der Waals surface area (Å²) in [5.41, 5.74) is 13.0. The van der Waals surface area contributed by atoms with Gasteiger partial charge in [0, 0.05) is 16.8 Å². The van der Waals surface area contributed by atoms with Crippen LogP contribution in [0.5, 0.6) is 0 Å². The number of aryl methyl sites for hydroxylation is 3. The lowest BCUT2D eigenvalue weighted by Gasteiger charge is -2.15. The van der Waals surface area contributed by atoms with E-state index in [-0.39, 0.29) is 0 Å². The predicted octanol–water partition coefficient (Wildman–Crippen LogP) is 6.93. The number of benzene rings is 3. The first-order valence-electron chi connectivity index (χ1n) is 11.7. The van der Waals surface area contributed by atoms with Crippen molar-refractivity contribution in [3.63, 3.8) is 0 Å². The number of aromatic nitrogens is 3. The topological polar surface area (TPSA) is 21.7 Å². The molecule has 0 atom stereocenters. The van der Waals surface area contributed by atoms with Crippen LogP contribution in [0.15, 0.2) is 91.1 Å². The second-order valence-electron chi connectivity index (χ2n) is 8.97. The molecule has 0 saturated heterocycles. The van der Waals surface area contributed by atoms with Gasteiger partial charge in [0.2, 0.25) is 6.20 Å². The number of hydrogen-bond donors (Lipinski definition) is 0. The molecule has 0 aliphatic rings. The Balaban J connectivity index is 1.82. The van der Waals surface area contributed by atoms with Crippen LogP contribution >= 0.6 is 0 Å². The molecule has 168 valence electrons. The first kappa shape index (κ1) is 21.8. The van der Waals surface area contributed by atoms with Gasteiger partial charge >= 0.3 is 0 Å². The maximum Gasteiger partial charge on any atom is 0.259 e. The molecule has 2 heterocycles. The molecular formula is C31H30N3+. The highest BCUT2D eigenvalue weighted by Crippen LogP contribution is 2.41. The van der Waals surface area contributed by atoms with Gasteiger partial charge in [0.1, 0.15) is 5.69 Å². The van der Waals surface area contributed by atoms with Crippen molar-refractivity contribution in [1.29, 1.82) is 0 Å². The second-order valence-corrected chi connectivity index (χ2v) is 8.97. The SMILES string of the molecule is Cc1cc(C)c(-[n+]2cc(-c3c(-c4ccccc4)cccc3-c3ccccc3)c(C)n2C)c(C)n1. The maximum absolute atomic E-state index is 4.76. The first-order chi connectivity index (χ1) is 16.5. The third-order valence-corrected chi connectivity index (χ3v) is 6.67. The Kier molecular flexibility index (Phi) is 5.62. The Morgan fingerprint density at radius 2 is 1.24 bits per heavy atom. The van der Waals surface area contributed by atoms with E-state index in [1.54, 1.807) is 0 Å². The molecule has 0 amide bonds. The van der Waals surface area contributed by atoms with Crippen molar-refractivity contribution in [3.05, 3.63) is 114 Å². The molecule has 0 aliphatic carbocycles. The summed E-state index contributed by atoms with van der Waals surface area (Å²) in [5, 5.41) is 0. The molecule has 2 aromatic heterocycles. The third-order valence-electron chi connectivity index (χ3n) is 6.67. The van der Waals surface area contributed by atoms with Crippen LogP contribution in [-0.4, -0.2) is 9.67 Å². The van der Waals surface area contributed by atoms with E-state index in [4.69, 9.17) is 4.98 Å². The normalized spacial score (nSPS) is 11.1. The lowest BCUT2D eigenvalue weighted by Crippen LogP contribution is -2.41. The lowest BCUT2D eigenvalue weighted by atomic mass is 9.88. The summed E-state index contributed by atoms with van der Waals surface area (Å²) in [5.74, 6) is 0. The van der Waals surface area contributed by atoms with E-state index in [9.17, 15) is 0 Å². The van der Waals surface area contributed by atoms with Crippen molar-refractivity contribution < 1.29 is 4.68 Å². The first-order valence-corrected chi connectivity index (χ1v) is 11.7. The predicted molar refractivity (Wildman–Crippen MR) is 140 cm³/mol. The molecule has 3 heteroatoms. The summed E-state index contributed by atoms with van der Waals surface area (Å²) >= 11 is 0. The van der Waals surface area contributed by atoms with E-state index in [0.29, 0.717) is 0 Å². The van der Waals surface area contributed by atoms with E-state index in [1.807, 2.05) is 0 Å². The zero-order valence-electron chi connectivity index (χ0n) is 20.5. The molecule has 5 aromatic rings. The highest BCUT2D eigenvalue weighted by molar-refractivity contribution is 5.94. The molecule has 0 saturated carbocycles. The van der Waals surface area contributed by atoms with E-state index >= 15 is 0 Å². The van der Waals surface area contributed by atoms with Crippen molar-refractivity contribution in [2.24, 2.45) is 7.05 Å². The van der Waals surface area contributed by atoms with E-state index < -0.39 is 0 Å². The standard InChI is InChI=1S/C31H30N3/c1-21-19-22(2)32-23(3)31(21)34-20-29(24(4)33(34)5)30-27(25-13-8-6-9-14-25)17-12-18-28(30)26-15-10-7-11-16-26/h6-20H,1-5H3/q+1. The van der Waals surface area contributed by atoms with Crippen LogP contribution in [0, 0.1) is 27.7 Å². The molecule has 0 radical (unpaired) electrons. The zero-order chi connectivity index (χ0) is 23.8. The van der Waals surface area contributed by atoms with Crippen LogP contribution in [-0.2, 0) is 7.05 Å². The molecular weight excluding hydrogens is 414 g/mol. The summed E-state index contributed by atoms with van der Waals surface area (Å²) in [6.45, 7) is 8.52. The van der Waals surface area contributed by atoms with Gasteiger partial charge in [0.15, 0.2) is 0 Å². The van der Waals surface area contributed by atoms with E-state index in [0.717, 1.165) is 17.1 Å². The highest BCUT2D eigenvalue weighted by Gasteiger charge is 2.27. The van der Waals surface area contributed by atoms with Gasteiger partial charge in [-0.3, -0.25) is 4.98 Å². The average molecular weight is 445 g/mol. The van der Waals surface area contributed by atoms with Gasteiger partial charge in [0.25, 0.3) is 5.69 Å². The molecule has 5 rings (SSSR count). The molecule has 0 bridgehead atoms. The van der Waals surface area contributed by atoms with Crippen molar-refractivity contribution in [3.8, 4) is 39.1 Å². The molecule has 3 aromatic carbocycles. The fourth-order valence-electron chi connectivity index (χ4n) is 5.02. The maximum atomic E-state index is 4.76. The van der Waals surface area contributed by atoms with Gasteiger partial charge in [-0.05, 0) is 56.0 Å². The van der Waals surface area contributed by atoms with Crippen LogP contribution in [0.3, 0.4) is 0 Å². The Labute approximate surface area is 202 Å². The van der Waals surface area contributed by atoms with Gasteiger partial charge in [0.05, 0.1) is 18.3 Å².